The molecule has 2 N–H and O–H groups in total. The van der Waals surface area contributed by atoms with Gasteiger partial charge < -0.3 is 10.6 Å². The lowest BCUT2D eigenvalue weighted by Crippen LogP contribution is -2.33. The number of nitrogens with one attached hydrogen (secondary N) is 2. The molecule has 0 aliphatic carbocycles. The van der Waals surface area contributed by atoms with E-state index in [0.29, 0.717) is 28.7 Å². The second-order valence-electron chi connectivity index (χ2n) is 4.77. The molecule has 1 heterocycles. The van der Waals surface area contributed by atoms with Gasteiger partial charge in [0.05, 0.1) is 17.0 Å². The molecule has 0 aliphatic heterocycles. The van der Waals surface area contributed by atoms with Crippen molar-refractivity contribution in [1.29, 1.82) is 0 Å². The Bertz CT molecular complexity index is 761. The number of aromatic nitrogens is 2. The summed E-state index contributed by atoms with van der Waals surface area (Å²) in [7, 11) is 0. The van der Waals surface area contributed by atoms with Crippen molar-refractivity contribution >= 4 is 34.9 Å². The van der Waals surface area contributed by atoms with Crippen LogP contribution in [-0.4, -0.2) is 22.1 Å². The van der Waals surface area contributed by atoms with Gasteiger partial charge in [-0.1, -0.05) is 30.1 Å². The zero-order valence-electron chi connectivity index (χ0n) is 12.5. The molecule has 0 atom stereocenters. The fraction of sp³-hybridized carbons (Fsp3) is 0.267. The summed E-state index contributed by atoms with van der Waals surface area (Å²) in [6.45, 7) is 2.54. The lowest BCUT2D eigenvalue weighted by atomic mass is 10.3. The minimum absolute atomic E-state index is 0.139. The predicted molar refractivity (Wildman–Crippen MR) is 91.4 cm³/mol. The van der Waals surface area contributed by atoms with Crippen LogP contribution in [0.2, 0.25) is 10.0 Å². The second-order valence-corrected chi connectivity index (χ2v) is 5.61. The molecule has 6 nitrogen and oxygen atoms in total. The number of carbonyl (C=O) groups excluding carboxylic acids is 1. The summed E-state index contributed by atoms with van der Waals surface area (Å²) in [5.41, 5.74) is 1.06. The van der Waals surface area contributed by atoms with Gasteiger partial charge in [-0.05, 0) is 24.6 Å². The van der Waals surface area contributed by atoms with Gasteiger partial charge in [0.15, 0.2) is 0 Å². The number of anilines is 1. The van der Waals surface area contributed by atoms with Crippen LogP contribution in [0.4, 0.5) is 10.5 Å². The summed E-state index contributed by atoms with van der Waals surface area (Å²) in [4.78, 5) is 27.8. The quantitative estimate of drug-likeness (QED) is 0.866. The number of aryl methyl sites for hydroxylation is 1. The van der Waals surface area contributed by atoms with Gasteiger partial charge in [0.25, 0.3) is 5.56 Å². The number of urea groups is 1. The molecule has 1 aromatic heterocycles. The van der Waals surface area contributed by atoms with Crippen LogP contribution in [0.3, 0.4) is 0 Å². The molecular weight excluding hydrogens is 339 g/mol. The van der Waals surface area contributed by atoms with Gasteiger partial charge in [-0.3, -0.25) is 9.36 Å². The molecule has 2 aromatic rings. The Hall–Kier alpha value is -2.05. The largest absolute Gasteiger partial charge is 0.336 e. The van der Waals surface area contributed by atoms with E-state index in [2.05, 4.69) is 15.6 Å². The van der Waals surface area contributed by atoms with Crippen LogP contribution < -0.4 is 16.2 Å². The van der Waals surface area contributed by atoms with Gasteiger partial charge in [0.1, 0.15) is 0 Å². The molecule has 0 saturated carbocycles. The zero-order chi connectivity index (χ0) is 16.8. The summed E-state index contributed by atoms with van der Waals surface area (Å²) in [6, 6.07) is 5.86. The van der Waals surface area contributed by atoms with Gasteiger partial charge in [0.2, 0.25) is 0 Å². The molecule has 23 heavy (non-hydrogen) atoms. The van der Waals surface area contributed by atoms with Crippen molar-refractivity contribution in [1.82, 2.24) is 14.9 Å². The first-order valence-electron chi connectivity index (χ1n) is 7.05. The highest BCUT2D eigenvalue weighted by molar-refractivity contribution is 6.36. The van der Waals surface area contributed by atoms with E-state index in [-0.39, 0.29) is 12.1 Å². The molecule has 2 amide bonds. The van der Waals surface area contributed by atoms with E-state index in [0.717, 1.165) is 5.69 Å². The SMILES string of the molecule is CCc1cc(=O)n(CCNC(=O)Nc2ccc(Cl)cc2Cl)cn1. The highest BCUT2D eigenvalue weighted by Crippen LogP contribution is 2.25. The summed E-state index contributed by atoms with van der Waals surface area (Å²) >= 11 is 11.8. The molecule has 0 saturated heterocycles. The van der Waals surface area contributed by atoms with E-state index < -0.39 is 6.03 Å². The van der Waals surface area contributed by atoms with Crippen molar-refractivity contribution in [3.05, 3.63) is 56.7 Å². The van der Waals surface area contributed by atoms with E-state index >= 15 is 0 Å². The summed E-state index contributed by atoms with van der Waals surface area (Å²) < 4.78 is 1.44. The maximum absolute atomic E-state index is 11.8. The zero-order valence-corrected chi connectivity index (χ0v) is 14.0. The first kappa shape index (κ1) is 17.3. The number of hydrogen-bond donors (Lipinski definition) is 2. The number of amides is 2. The van der Waals surface area contributed by atoms with Crippen molar-refractivity contribution < 1.29 is 4.79 Å². The molecule has 0 radical (unpaired) electrons. The fourth-order valence-corrected chi connectivity index (χ4v) is 2.33. The molecule has 0 aliphatic rings. The van der Waals surface area contributed by atoms with Crippen LogP contribution in [0, 0.1) is 0 Å². The van der Waals surface area contributed by atoms with Crippen LogP contribution in [0.15, 0.2) is 35.4 Å². The Morgan fingerprint density at radius 2 is 2.09 bits per heavy atom. The van der Waals surface area contributed by atoms with Gasteiger partial charge in [-0.2, -0.15) is 0 Å². The maximum Gasteiger partial charge on any atom is 0.319 e. The van der Waals surface area contributed by atoms with E-state index in [1.54, 1.807) is 18.2 Å². The topological polar surface area (TPSA) is 76.0 Å². The van der Waals surface area contributed by atoms with E-state index in [1.165, 1.54) is 17.0 Å². The maximum atomic E-state index is 11.8. The van der Waals surface area contributed by atoms with Crippen molar-refractivity contribution in [2.75, 3.05) is 11.9 Å². The lowest BCUT2D eigenvalue weighted by molar-refractivity contribution is 0.251. The average Bonchev–Trinajstić information content (AvgIpc) is 2.51. The Balaban J connectivity index is 1.86. The van der Waals surface area contributed by atoms with Crippen molar-refractivity contribution in [2.24, 2.45) is 0 Å². The Labute approximate surface area is 143 Å². The number of carbonyl (C=O) groups is 1. The predicted octanol–water partition coefficient (Wildman–Crippen LogP) is 2.93. The third kappa shape index (κ3) is 4.97. The van der Waals surface area contributed by atoms with Gasteiger partial charge in [-0.15, -0.1) is 0 Å². The number of benzene rings is 1. The van der Waals surface area contributed by atoms with Crippen molar-refractivity contribution in [3.63, 3.8) is 0 Å². The Kier molecular flexibility index (Phi) is 6.01. The first-order chi connectivity index (χ1) is 11.0. The molecule has 0 unspecified atom stereocenters. The van der Waals surface area contributed by atoms with Gasteiger partial charge >= 0.3 is 6.03 Å². The van der Waals surface area contributed by atoms with Gasteiger partial charge in [0, 0.05) is 29.9 Å². The molecular formula is C15H16Cl2N4O2. The smallest absolute Gasteiger partial charge is 0.319 e. The number of hydrogen-bond acceptors (Lipinski definition) is 3. The number of nitrogens with zero attached hydrogens (tertiary/aromatic N) is 2. The molecule has 2 rings (SSSR count). The summed E-state index contributed by atoms with van der Waals surface area (Å²) in [5.74, 6) is 0. The highest BCUT2D eigenvalue weighted by Gasteiger charge is 2.06. The normalized spacial score (nSPS) is 10.4. The lowest BCUT2D eigenvalue weighted by Gasteiger charge is -2.10. The second kappa shape index (κ2) is 7.99. The standard InChI is InChI=1S/C15H16Cl2N4O2/c1-2-11-8-14(22)21(9-19-11)6-5-18-15(23)20-13-4-3-10(16)7-12(13)17/h3-4,7-9H,2,5-6H2,1H3,(H2,18,20,23). The Morgan fingerprint density at radius 1 is 1.30 bits per heavy atom. The van der Waals surface area contributed by atoms with E-state index in [9.17, 15) is 9.59 Å². The van der Waals surface area contributed by atoms with Crippen LogP contribution in [0.1, 0.15) is 12.6 Å². The average molecular weight is 355 g/mol. The molecule has 1 aromatic carbocycles. The van der Waals surface area contributed by atoms with Crippen molar-refractivity contribution in [2.45, 2.75) is 19.9 Å². The minimum Gasteiger partial charge on any atom is -0.336 e. The third-order valence-corrected chi connectivity index (χ3v) is 3.66. The van der Waals surface area contributed by atoms with Crippen LogP contribution in [-0.2, 0) is 13.0 Å². The van der Waals surface area contributed by atoms with Crippen LogP contribution >= 0.6 is 23.2 Å². The highest BCUT2D eigenvalue weighted by atomic mass is 35.5. The van der Waals surface area contributed by atoms with Crippen molar-refractivity contribution in [3.8, 4) is 0 Å². The van der Waals surface area contributed by atoms with E-state index in [4.69, 9.17) is 23.2 Å². The summed E-state index contributed by atoms with van der Waals surface area (Å²) in [5, 5.41) is 6.10. The van der Waals surface area contributed by atoms with E-state index in [1.807, 2.05) is 6.92 Å². The number of rotatable bonds is 5. The van der Waals surface area contributed by atoms with Gasteiger partial charge in [-0.25, -0.2) is 9.78 Å². The molecule has 0 spiro atoms. The first-order valence-corrected chi connectivity index (χ1v) is 7.80. The molecule has 0 bridgehead atoms. The monoisotopic (exact) mass is 354 g/mol. The van der Waals surface area contributed by atoms with Crippen LogP contribution in [0.5, 0.6) is 0 Å². The molecule has 122 valence electrons. The fourth-order valence-electron chi connectivity index (χ4n) is 1.87. The van der Waals surface area contributed by atoms with Crippen LogP contribution in [0.25, 0.3) is 0 Å². The minimum atomic E-state index is -0.416. The molecule has 8 heteroatoms. The third-order valence-electron chi connectivity index (χ3n) is 3.12. The number of halogens is 2. The summed E-state index contributed by atoms with van der Waals surface area (Å²) in [6.07, 6.45) is 2.19. The Morgan fingerprint density at radius 3 is 2.74 bits per heavy atom. The molecule has 0 fully saturated rings.